The third kappa shape index (κ3) is 4.82. The summed E-state index contributed by atoms with van der Waals surface area (Å²) >= 11 is 0. The van der Waals surface area contributed by atoms with Gasteiger partial charge in [-0.1, -0.05) is 26.0 Å². The highest BCUT2D eigenvalue weighted by Gasteiger charge is 2.23. The maximum Gasteiger partial charge on any atom is 0.238 e. The Morgan fingerprint density at radius 3 is 2.41 bits per heavy atom. The predicted molar refractivity (Wildman–Crippen MR) is 90.2 cm³/mol. The van der Waals surface area contributed by atoms with E-state index in [1.807, 2.05) is 26.0 Å². The van der Waals surface area contributed by atoms with Crippen LogP contribution in [0.4, 0.5) is 5.69 Å². The molecule has 22 heavy (non-hydrogen) atoms. The molecular weight excluding hydrogens is 276 g/mol. The molecule has 3 unspecified atom stereocenters. The van der Waals surface area contributed by atoms with E-state index in [9.17, 15) is 4.79 Å². The smallest absolute Gasteiger partial charge is 0.238 e. The lowest BCUT2D eigenvalue weighted by Crippen LogP contribution is -2.48. The van der Waals surface area contributed by atoms with Crippen molar-refractivity contribution < 1.29 is 9.53 Å². The number of nitrogens with one attached hydrogen (secondary N) is 1. The first kappa shape index (κ1) is 17.0. The Morgan fingerprint density at radius 1 is 1.27 bits per heavy atom. The van der Waals surface area contributed by atoms with Crippen LogP contribution in [0.5, 0.6) is 0 Å². The Labute approximate surface area is 133 Å². The Balaban J connectivity index is 1.86. The van der Waals surface area contributed by atoms with Crippen molar-refractivity contribution in [1.29, 1.82) is 0 Å². The van der Waals surface area contributed by atoms with Crippen LogP contribution in [0.25, 0.3) is 0 Å². The topological polar surface area (TPSA) is 41.6 Å². The molecule has 0 bridgehead atoms. The molecule has 1 saturated heterocycles. The quantitative estimate of drug-likeness (QED) is 0.908. The van der Waals surface area contributed by atoms with Crippen molar-refractivity contribution in [2.24, 2.45) is 0 Å². The number of hydrogen-bond donors (Lipinski definition) is 1. The summed E-state index contributed by atoms with van der Waals surface area (Å²) in [7, 11) is 0. The molecule has 0 saturated carbocycles. The Hall–Kier alpha value is -1.39. The monoisotopic (exact) mass is 304 g/mol. The van der Waals surface area contributed by atoms with E-state index in [1.54, 1.807) is 0 Å². The van der Waals surface area contributed by atoms with Crippen molar-refractivity contribution >= 4 is 11.6 Å². The normalized spacial score (nSPS) is 24.0. The maximum absolute atomic E-state index is 12.2. The Bertz CT molecular complexity index is 476. The summed E-state index contributed by atoms with van der Waals surface area (Å²) in [6, 6.07) is 8.18. The van der Waals surface area contributed by atoms with Crippen LogP contribution in [-0.4, -0.2) is 42.6 Å². The summed E-state index contributed by atoms with van der Waals surface area (Å²) in [6.07, 6.45) is 1.50. The molecule has 0 radical (unpaired) electrons. The number of rotatable bonds is 5. The van der Waals surface area contributed by atoms with E-state index in [4.69, 9.17) is 4.74 Å². The summed E-state index contributed by atoms with van der Waals surface area (Å²) in [4.78, 5) is 14.3. The lowest BCUT2D eigenvalue weighted by Gasteiger charge is -2.34. The fourth-order valence-electron chi connectivity index (χ4n) is 2.95. The molecule has 0 aromatic heterocycles. The molecular formula is C18H28N2O2. The molecule has 1 aromatic rings. The minimum absolute atomic E-state index is 0.0394. The number of carbonyl (C=O) groups is 1. The first-order valence-corrected chi connectivity index (χ1v) is 8.25. The van der Waals surface area contributed by atoms with Crippen molar-refractivity contribution in [1.82, 2.24) is 4.90 Å². The van der Waals surface area contributed by atoms with Gasteiger partial charge in [-0.3, -0.25) is 9.69 Å². The standard InChI is InChI=1S/C18H28N2O2/c1-5-13(2)16-6-8-17(9-7-16)19-18(21)12-20-10-14(3)22-15(4)11-20/h6-9,13-15H,5,10-12H2,1-4H3,(H,19,21). The first-order valence-electron chi connectivity index (χ1n) is 8.25. The highest BCUT2D eigenvalue weighted by molar-refractivity contribution is 5.92. The van der Waals surface area contributed by atoms with Gasteiger partial charge in [0.1, 0.15) is 0 Å². The van der Waals surface area contributed by atoms with Crippen LogP contribution < -0.4 is 5.32 Å². The lowest BCUT2D eigenvalue weighted by molar-refractivity contribution is -0.121. The summed E-state index contributed by atoms with van der Waals surface area (Å²) in [5, 5.41) is 2.98. The van der Waals surface area contributed by atoms with Gasteiger partial charge in [-0.2, -0.15) is 0 Å². The molecule has 0 aliphatic carbocycles. The molecule has 3 atom stereocenters. The molecule has 2 rings (SSSR count). The molecule has 1 aliphatic heterocycles. The second-order valence-corrected chi connectivity index (χ2v) is 6.43. The number of hydrogen-bond acceptors (Lipinski definition) is 3. The number of nitrogens with zero attached hydrogens (tertiary/aromatic N) is 1. The zero-order chi connectivity index (χ0) is 16.1. The maximum atomic E-state index is 12.2. The van der Waals surface area contributed by atoms with Gasteiger partial charge >= 0.3 is 0 Å². The predicted octanol–water partition coefficient (Wildman–Crippen LogP) is 3.25. The first-order chi connectivity index (χ1) is 10.5. The third-order valence-electron chi connectivity index (χ3n) is 4.24. The second kappa shape index (κ2) is 7.75. The zero-order valence-corrected chi connectivity index (χ0v) is 14.1. The van der Waals surface area contributed by atoms with E-state index in [2.05, 4.69) is 36.2 Å². The van der Waals surface area contributed by atoms with Gasteiger partial charge in [0.25, 0.3) is 0 Å². The van der Waals surface area contributed by atoms with Crippen LogP contribution in [-0.2, 0) is 9.53 Å². The van der Waals surface area contributed by atoms with Crippen LogP contribution in [0, 0.1) is 0 Å². The van der Waals surface area contributed by atoms with Gasteiger partial charge in [-0.25, -0.2) is 0 Å². The van der Waals surface area contributed by atoms with Crippen LogP contribution in [0.2, 0.25) is 0 Å². The Morgan fingerprint density at radius 2 is 1.86 bits per heavy atom. The van der Waals surface area contributed by atoms with E-state index in [0.29, 0.717) is 12.5 Å². The second-order valence-electron chi connectivity index (χ2n) is 6.43. The van der Waals surface area contributed by atoms with E-state index >= 15 is 0 Å². The fourth-order valence-corrected chi connectivity index (χ4v) is 2.95. The molecule has 1 aromatic carbocycles. The van der Waals surface area contributed by atoms with Gasteiger partial charge in [0.05, 0.1) is 18.8 Å². The van der Waals surface area contributed by atoms with Gasteiger partial charge in [-0.05, 0) is 43.9 Å². The highest BCUT2D eigenvalue weighted by atomic mass is 16.5. The van der Waals surface area contributed by atoms with E-state index in [0.717, 1.165) is 25.2 Å². The molecule has 1 fully saturated rings. The number of anilines is 1. The van der Waals surface area contributed by atoms with E-state index < -0.39 is 0 Å². The highest BCUT2D eigenvalue weighted by Crippen LogP contribution is 2.20. The zero-order valence-electron chi connectivity index (χ0n) is 14.1. The van der Waals surface area contributed by atoms with Gasteiger partial charge in [0.15, 0.2) is 0 Å². The molecule has 1 N–H and O–H groups in total. The van der Waals surface area contributed by atoms with Crippen molar-refractivity contribution in [3.05, 3.63) is 29.8 Å². The van der Waals surface area contributed by atoms with Crippen LogP contribution >= 0.6 is 0 Å². The summed E-state index contributed by atoms with van der Waals surface area (Å²) in [5.74, 6) is 0.596. The van der Waals surface area contributed by atoms with Crippen LogP contribution in [0.15, 0.2) is 24.3 Å². The summed E-state index contributed by atoms with van der Waals surface area (Å²) < 4.78 is 5.69. The van der Waals surface area contributed by atoms with Crippen molar-refractivity contribution in [2.45, 2.75) is 52.2 Å². The summed E-state index contributed by atoms with van der Waals surface area (Å²) in [5.41, 5.74) is 2.18. The SMILES string of the molecule is CCC(C)c1ccc(NC(=O)CN2CC(C)OC(C)C2)cc1. The molecule has 122 valence electrons. The fraction of sp³-hybridized carbons (Fsp3) is 0.611. The van der Waals surface area contributed by atoms with Gasteiger partial charge in [0.2, 0.25) is 5.91 Å². The lowest BCUT2D eigenvalue weighted by atomic mass is 9.99. The van der Waals surface area contributed by atoms with Gasteiger partial charge in [0, 0.05) is 18.8 Å². The molecule has 1 heterocycles. The summed E-state index contributed by atoms with van der Waals surface area (Å²) in [6.45, 7) is 10.5. The number of morpholine rings is 1. The number of amides is 1. The van der Waals surface area contributed by atoms with Crippen LogP contribution in [0.1, 0.15) is 45.6 Å². The molecule has 4 heteroatoms. The van der Waals surface area contributed by atoms with Crippen LogP contribution in [0.3, 0.4) is 0 Å². The van der Waals surface area contributed by atoms with Gasteiger partial charge in [-0.15, -0.1) is 0 Å². The number of ether oxygens (including phenoxy) is 1. The van der Waals surface area contributed by atoms with E-state index in [1.165, 1.54) is 5.56 Å². The van der Waals surface area contributed by atoms with Crippen molar-refractivity contribution in [2.75, 3.05) is 25.0 Å². The number of benzene rings is 1. The number of carbonyl (C=O) groups excluding carboxylic acids is 1. The molecule has 1 amide bonds. The third-order valence-corrected chi connectivity index (χ3v) is 4.24. The largest absolute Gasteiger partial charge is 0.373 e. The average molecular weight is 304 g/mol. The molecule has 4 nitrogen and oxygen atoms in total. The molecule has 0 spiro atoms. The van der Waals surface area contributed by atoms with Crippen molar-refractivity contribution in [3.63, 3.8) is 0 Å². The van der Waals surface area contributed by atoms with Crippen molar-refractivity contribution in [3.8, 4) is 0 Å². The average Bonchev–Trinajstić information content (AvgIpc) is 2.46. The minimum Gasteiger partial charge on any atom is -0.373 e. The van der Waals surface area contributed by atoms with E-state index in [-0.39, 0.29) is 18.1 Å². The minimum atomic E-state index is 0.0394. The van der Waals surface area contributed by atoms with Gasteiger partial charge < -0.3 is 10.1 Å². The Kier molecular flexibility index (Phi) is 5.98. The molecule has 1 aliphatic rings.